The molecule has 1 aromatic rings. The lowest BCUT2D eigenvalue weighted by atomic mass is 10.1. The Balaban J connectivity index is 0.00000400. The van der Waals surface area contributed by atoms with Gasteiger partial charge >= 0.3 is 11.9 Å². The number of carbonyl (C=O) groups is 3. The highest BCUT2D eigenvalue weighted by Gasteiger charge is 2.15. The van der Waals surface area contributed by atoms with Crippen molar-refractivity contribution >= 4 is 41.2 Å². The van der Waals surface area contributed by atoms with Crippen molar-refractivity contribution in [3.05, 3.63) is 23.8 Å². The van der Waals surface area contributed by atoms with Crippen LogP contribution in [0.15, 0.2) is 18.2 Å². The minimum Gasteiger partial charge on any atom is -0.423 e. The summed E-state index contributed by atoms with van der Waals surface area (Å²) in [6, 6.07) is 3.67. The molecule has 116 valence electrons. The molecule has 6 nitrogen and oxygen atoms in total. The van der Waals surface area contributed by atoms with Crippen LogP contribution < -0.4 is 15.2 Å². The molecule has 0 aromatic heterocycles. The van der Waals surface area contributed by atoms with Crippen LogP contribution in [0.2, 0.25) is 0 Å². The SMILES string of the molecule is CC(=O)Oc1ccc(C[C@H](N)C(=O)Cl)cc1OC(C)=O.Cl. The van der Waals surface area contributed by atoms with E-state index in [1.807, 2.05) is 0 Å². The Morgan fingerprint density at radius 3 is 2.14 bits per heavy atom. The molecular weight excluding hydrogens is 321 g/mol. The smallest absolute Gasteiger partial charge is 0.308 e. The van der Waals surface area contributed by atoms with E-state index in [0.29, 0.717) is 5.56 Å². The molecule has 0 fully saturated rings. The highest BCUT2D eigenvalue weighted by Crippen LogP contribution is 2.29. The van der Waals surface area contributed by atoms with Crippen LogP contribution in [0.3, 0.4) is 0 Å². The fourth-order valence-corrected chi connectivity index (χ4v) is 1.56. The van der Waals surface area contributed by atoms with Gasteiger partial charge in [-0.1, -0.05) is 6.07 Å². The molecular formula is C13H15Cl2NO5. The number of ether oxygens (including phenoxy) is 2. The molecule has 0 aliphatic rings. The van der Waals surface area contributed by atoms with Crippen molar-refractivity contribution in [3.8, 4) is 11.5 Å². The van der Waals surface area contributed by atoms with Gasteiger partial charge in [0.15, 0.2) is 11.5 Å². The van der Waals surface area contributed by atoms with E-state index in [-0.39, 0.29) is 30.3 Å². The van der Waals surface area contributed by atoms with E-state index in [2.05, 4.69) is 0 Å². The first-order valence-electron chi connectivity index (χ1n) is 5.74. The van der Waals surface area contributed by atoms with Crippen LogP contribution in [0.4, 0.5) is 0 Å². The summed E-state index contributed by atoms with van der Waals surface area (Å²) in [7, 11) is 0. The molecule has 1 atom stereocenters. The molecule has 0 unspecified atom stereocenters. The molecule has 0 saturated heterocycles. The second-order valence-electron chi connectivity index (χ2n) is 4.08. The zero-order valence-corrected chi connectivity index (χ0v) is 13.0. The van der Waals surface area contributed by atoms with Gasteiger partial charge in [0, 0.05) is 13.8 Å². The van der Waals surface area contributed by atoms with Crippen LogP contribution in [0.5, 0.6) is 11.5 Å². The van der Waals surface area contributed by atoms with Crippen molar-refractivity contribution in [2.45, 2.75) is 26.3 Å². The average Bonchev–Trinajstić information content (AvgIpc) is 2.31. The van der Waals surface area contributed by atoms with Crippen molar-refractivity contribution in [3.63, 3.8) is 0 Å². The number of carbonyl (C=O) groups excluding carboxylic acids is 3. The molecule has 1 rings (SSSR count). The van der Waals surface area contributed by atoms with E-state index < -0.39 is 23.2 Å². The quantitative estimate of drug-likeness (QED) is 0.498. The van der Waals surface area contributed by atoms with Crippen LogP contribution in [0.25, 0.3) is 0 Å². The molecule has 0 saturated carbocycles. The van der Waals surface area contributed by atoms with Crippen LogP contribution in [0, 0.1) is 0 Å². The number of benzene rings is 1. The molecule has 0 spiro atoms. The molecule has 2 N–H and O–H groups in total. The van der Waals surface area contributed by atoms with Crippen molar-refractivity contribution in [1.29, 1.82) is 0 Å². The molecule has 8 heteroatoms. The highest BCUT2D eigenvalue weighted by molar-refractivity contribution is 6.64. The third-order valence-corrected chi connectivity index (χ3v) is 2.54. The molecule has 0 bridgehead atoms. The molecule has 1 aromatic carbocycles. The lowest BCUT2D eigenvalue weighted by Gasteiger charge is -2.12. The third-order valence-electron chi connectivity index (χ3n) is 2.26. The van der Waals surface area contributed by atoms with Crippen molar-refractivity contribution in [2.75, 3.05) is 0 Å². The summed E-state index contributed by atoms with van der Waals surface area (Å²) in [6.07, 6.45) is 0.178. The Morgan fingerprint density at radius 1 is 1.14 bits per heavy atom. The van der Waals surface area contributed by atoms with Crippen molar-refractivity contribution in [1.82, 2.24) is 0 Å². The first-order valence-corrected chi connectivity index (χ1v) is 6.12. The number of halogens is 2. The first kappa shape index (κ1) is 19.4. The maximum absolute atomic E-state index is 11.0. The van der Waals surface area contributed by atoms with Gasteiger partial charge in [-0.25, -0.2) is 0 Å². The lowest BCUT2D eigenvalue weighted by molar-refractivity contribution is -0.134. The normalized spacial score (nSPS) is 11.0. The van der Waals surface area contributed by atoms with Gasteiger partial charge in [-0.3, -0.25) is 14.4 Å². The summed E-state index contributed by atoms with van der Waals surface area (Å²) in [6.45, 7) is 2.45. The van der Waals surface area contributed by atoms with Crippen LogP contribution in [-0.2, 0) is 20.8 Å². The predicted molar refractivity (Wildman–Crippen MR) is 78.8 cm³/mol. The Hall–Kier alpha value is -1.63. The number of hydrogen-bond acceptors (Lipinski definition) is 6. The van der Waals surface area contributed by atoms with Gasteiger partial charge in [0.2, 0.25) is 5.24 Å². The predicted octanol–water partition coefficient (Wildman–Crippen LogP) is 1.59. The van der Waals surface area contributed by atoms with Gasteiger partial charge in [0.05, 0.1) is 6.04 Å². The van der Waals surface area contributed by atoms with Gasteiger partial charge in [-0.15, -0.1) is 12.4 Å². The monoisotopic (exact) mass is 335 g/mol. The number of hydrogen-bond donors (Lipinski definition) is 1. The van der Waals surface area contributed by atoms with E-state index in [1.165, 1.54) is 26.0 Å². The molecule has 0 heterocycles. The number of rotatable bonds is 5. The summed E-state index contributed by atoms with van der Waals surface area (Å²) in [4.78, 5) is 32.9. The topological polar surface area (TPSA) is 95.7 Å². The molecule has 0 aliphatic heterocycles. The van der Waals surface area contributed by atoms with E-state index in [9.17, 15) is 14.4 Å². The van der Waals surface area contributed by atoms with Crippen molar-refractivity contribution < 1.29 is 23.9 Å². The largest absolute Gasteiger partial charge is 0.423 e. The Labute approximate surface area is 132 Å². The second-order valence-corrected chi connectivity index (χ2v) is 4.46. The first-order chi connectivity index (χ1) is 9.29. The lowest BCUT2D eigenvalue weighted by Crippen LogP contribution is -2.29. The van der Waals surface area contributed by atoms with Crippen LogP contribution >= 0.6 is 24.0 Å². The maximum Gasteiger partial charge on any atom is 0.308 e. The van der Waals surface area contributed by atoms with Crippen molar-refractivity contribution in [2.24, 2.45) is 5.73 Å². The minimum absolute atomic E-state index is 0. The summed E-state index contributed by atoms with van der Waals surface area (Å²) >= 11 is 5.28. The standard InChI is InChI=1S/C13H14ClNO5.ClH/c1-7(16)19-11-4-3-9(5-10(15)13(14)18)6-12(11)20-8(2)17;/h3-4,6,10H,5,15H2,1-2H3;1H/t10-;/m0./s1. The van der Waals surface area contributed by atoms with Crippen LogP contribution in [-0.4, -0.2) is 23.2 Å². The zero-order chi connectivity index (χ0) is 15.3. The highest BCUT2D eigenvalue weighted by atomic mass is 35.5. The Morgan fingerprint density at radius 2 is 1.67 bits per heavy atom. The number of esters is 2. The Kier molecular flexibility index (Phi) is 7.94. The number of nitrogens with two attached hydrogens (primary N) is 1. The third kappa shape index (κ3) is 6.57. The van der Waals surface area contributed by atoms with Crippen LogP contribution in [0.1, 0.15) is 19.4 Å². The molecule has 0 aliphatic carbocycles. The van der Waals surface area contributed by atoms with E-state index >= 15 is 0 Å². The fourth-order valence-electron chi connectivity index (χ4n) is 1.49. The van der Waals surface area contributed by atoms with E-state index in [4.69, 9.17) is 26.8 Å². The van der Waals surface area contributed by atoms with Gasteiger partial charge in [0.25, 0.3) is 0 Å². The molecule has 21 heavy (non-hydrogen) atoms. The molecule has 0 amide bonds. The maximum atomic E-state index is 11.0. The fraction of sp³-hybridized carbons (Fsp3) is 0.308. The minimum atomic E-state index is -0.860. The van der Waals surface area contributed by atoms with Gasteiger partial charge in [-0.2, -0.15) is 0 Å². The zero-order valence-electron chi connectivity index (χ0n) is 11.4. The van der Waals surface area contributed by atoms with Gasteiger partial charge in [-0.05, 0) is 35.7 Å². The second kappa shape index (κ2) is 8.61. The summed E-state index contributed by atoms with van der Waals surface area (Å²) in [5, 5.41) is -0.664. The summed E-state index contributed by atoms with van der Waals surface area (Å²) in [5.74, 6) is -0.909. The summed E-state index contributed by atoms with van der Waals surface area (Å²) in [5.41, 5.74) is 6.17. The summed E-state index contributed by atoms with van der Waals surface area (Å²) < 4.78 is 9.87. The van der Waals surface area contributed by atoms with Gasteiger partial charge in [0.1, 0.15) is 0 Å². The van der Waals surface area contributed by atoms with Gasteiger partial charge < -0.3 is 15.2 Å². The average molecular weight is 336 g/mol. The van der Waals surface area contributed by atoms with E-state index in [0.717, 1.165) is 0 Å². The Bertz CT molecular complexity index is 547. The molecule has 0 radical (unpaired) electrons. The van der Waals surface area contributed by atoms with E-state index in [1.54, 1.807) is 6.07 Å².